The molecule has 2 heterocycles. The van der Waals surface area contributed by atoms with E-state index in [0.29, 0.717) is 29.3 Å². The number of pyridine rings is 1. The molecule has 0 bridgehead atoms. The molecule has 7 aromatic rings. The lowest BCUT2D eigenvalue weighted by molar-refractivity contribution is -0.305. The van der Waals surface area contributed by atoms with Gasteiger partial charge in [0.05, 0.1) is 31.0 Å². The van der Waals surface area contributed by atoms with Gasteiger partial charge in [0, 0.05) is 11.6 Å². The van der Waals surface area contributed by atoms with Gasteiger partial charge in [0.25, 0.3) is 0 Å². The quantitative estimate of drug-likeness (QED) is 0.0839. The number of hydrogen-bond donors (Lipinski definition) is 1. The molecule has 10 nitrogen and oxygen atoms in total. The second-order valence-electron chi connectivity index (χ2n) is 16.7. The maximum Gasteiger partial charge on any atom is 0.331 e. The smallest absolute Gasteiger partial charge is 0.331 e. The minimum absolute atomic E-state index is 0.189. The topological polar surface area (TPSA) is 107 Å². The first-order chi connectivity index (χ1) is 31.3. The first-order valence-electron chi connectivity index (χ1n) is 21.6. The molecular formula is C54H54N2O8. The Bertz CT molecular complexity index is 2500. The van der Waals surface area contributed by atoms with Crippen LogP contribution in [0.1, 0.15) is 43.0 Å². The summed E-state index contributed by atoms with van der Waals surface area (Å²) in [5, 5.41) is 4.41. The Kier molecular flexibility index (Phi) is 14.6. The zero-order valence-corrected chi connectivity index (χ0v) is 36.3. The monoisotopic (exact) mass is 858 g/mol. The standard InChI is InChI=1S/C54H54N2O8/c1-54(2,3)64-52(57)47(56-45-28-16-26-42-27-17-33-55-46(42)45)48-49(59-35-39-20-10-5-11-21-39)50(60-36-40-22-12-6-13-23-40)51(61-37-41-24-14-7-15-25-41)53(63-48)62-44-31-29-43(30-32-44)58-34-38-18-8-4-9-19-38/h4-33,47-51,53,56H,34-37H2,1-3H3/t47-,48+,49+,50-,51+,53+/m0/s1. The lowest BCUT2D eigenvalue weighted by Gasteiger charge is -2.47. The first-order valence-corrected chi connectivity index (χ1v) is 21.6. The number of ether oxygens (including phenoxy) is 7. The van der Waals surface area contributed by atoms with Gasteiger partial charge in [-0.15, -0.1) is 0 Å². The predicted octanol–water partition coefficient (Wildman–Crippen LogP) is 10.5. The van der Waals surface area contributed by atoms with Crippen LogP contribution < -0.4 is 14.8 Å². The van der Waals surface area contributed by atoms with Crippen LogP contribution in [0.2, 0.25) is 0 Å². The summed E-state index contributed by atoms with van der Waals surface area (Å²) in [4.78, 5) is 19.5. The normalized spacial score (nSPS) is 19.1. The average Bonchev–Trinajstić information content (AvgIpc) is 3.32. The number of anilines is 1. The van der Waals surface area contributed by atoms with Crippen LogP contribution in [0, 0.1) is 0 Å². The van der Waals surface area contributed by atoms with Gasteiger partial charge in [0.15, 0.2) is 6.04 Å². The van der Waals surface area contributed by atoms with E-state index in [-0.39, 0.29) is 19.8 Å². The molecule has 6 aromatic carbocycles. The Hall–Kier alpha value is -6.56. The van der Waals surface area contributed by atoms with Crippen LogP contribution in [0.3, 0.4) is 0 Å². The molecule has 6 atom stereocenters. The first kappa shape index (κ1) is 44.1. The molecule has 64 heavy (non-hydrogen) atoms. The third-order valence-electron chi connectivity index (χ3n) is 10.6. The van der Waals surface area contributed by atoms with Crippen LogP contribution >= 0.6 is 0 Å². The van der Waals surface area contributed by atoms with E-state index in [1.165, 1.54) is 0 Å². The van der Waals surface area contributed by atoms with Crippen LogP contribution in [0.4, 0.5) is 5.69 Å². The second-order valence-corrected chi connectivity index (χ2v) is 16.7. The molecule has 0 aliphatic carbocycles. The zero-order chi connectivity index (χ0) is 44.1. The van der Waals surface area contributed by atoms with E-state index in [9.17, 15) is 4.79 Å². The van der Waals surface area contributed by atoms with Crippen molar-refractivity contribution in [2.75, 3.05) is 5.32 Å². The lowest BCUT2D eigenvalue weighted by atomic mass is 9.92. The van der Waals surface area contributed by atoms with Gasteiger partial charge in [-0.3, -0.25) is 4.98 Å². The van der Waals surface area contributed by atoms with Crippen LogP contribution in [-0.2, 0) is 54.9 Å². The Morgan fingerprint density at radius 1 is 0.578 bits per heavy atom. The summed E-state index contributed by atoms with van der Waals surface area (Å²) < 4.78 is 47.1. The third-order valence-corrected chi connectivity index (χ3v) is 10.6. The summed E-state index contributed by atoms with van der Waals surface area (Å²) in [6.07, 6.45) is -3.07. The van der Waals surface area contributed by atoms with Gasteiger partial charge < -0.3 is 38.5 Å². The van der Waals surface area contributed by atoms with E-state index >= 15 is 0 Å². The highest BCUT2D eigenvalue weighted by molar-refractivity contribution is 5.92. The predicted molar refractivity (Wildman–Crippen MR) is 247 cm³/mol. The number of esters is 1. The highest BCUT2D eigenvalue weighted by Crippen LogP contribution is 2.36. The van der Waals surface area contributed by atoms with Crippen LogP contribution in [-0.4, -0.2) is 53.3 Å². The minimum Gasteiger partial charge on any atom is -0.489 e. The average molecular weight is 859 g/mol. The third kappa shape index (κ3) is 11.9. The van der Waals surface area contributed by atoms with Gasteiger partial charge in [0.1, 0.15) is 48.1 Å². The van der Waals surface area contributed by atoms with Crippen LogP contribution in [0.5, 0.6) is 11.5 Å². The van der Waals surface area contributed by atoms with E-state index in [0.717, 1.165) is 27.6 Å². The van der Waals surface area contributed by atoms with Crippen molar-refractivity contribution in [1.29, 1.82) is 0 Å². The van der Waals surface area contributed by atoms with Crippen molar-refractivity contribution in [3.05, 3.63) is 204 Å². The highest BCUT2D eigenvalue weighted by Gasteiger charge is 2.54. The number of fused-ring (bicyclic) bond motifs is 1. The maximum atomic E-state index is 14.8. The van der Waals surface area contributed by atoms with Crippen LogP contribution in [0.15, 0.2) is 182 Å². The van der Waals surface area contributed by atoms with E-state index in [1.807, 2.05) is 197 Å². The number of para-hydroxylation sites is 1. The largest absolute Gasteiger partial charge is 0.489 e. The molecule has 0 unspecified atom stereocenters. The molecule has 1 fully saturated rings. The minimum atomic E-state index is -1.15. The van der Waals surface area contributed by atoms with Crippen molar-refractivity contribution in [2.24, 2.45) is 0 Å². The molecular weight excluding hydrogens is 805 g/mol. The molecule has 0 saturated carbocycles. The fourth-order valence-electron chi connectivity index (χ4n) is 7.57. The number of aromatic nitrogens is 1. The fourth-order valence-corrected chi connectivity index (χ4v) is 7.57. The summed E-state index contributed by atoms with van der Waals surface area (Å²) in [5.41, 5.74) is 4.34. The van der Waals surface area contributed by atoms with Gasteiger partial charge in [-0.25, -0.2) is 4.79 Å². The Morgan fingerprint density at radius 2 is 1.08 bits per heavy atom. The molecule has 0 radical (unpaired) electrons. The van der Waals surface area contributed by atoms with Gasteiger partial charge in [-0.1, -0.05) is 140 Å². The molecule has 328 valence electrons. The van der Waals surface area contributed by atoms with Gasteiger partial charge in [-0.2, -0.15) is 0 Å². The second kappa shape index (κ2) is 21.2. The summed E-state index contributed by atoms with van der Waals surface area (Å²) >= 11 is 0. The maximum absolute atomic E-state index is 14.8. The zero-order valence-electron chi connectivity index (χ0n) is 36.3. The molecule has 1 saturated heterocycles. The molecule has 0 amide bonds. The molecule has 10 heteroatoms. The van der Waals surface area contributed by atoms with Crippen molar-refractivity contribution < 1.29 is 38.0 Å². The fraction of sp³-hybridized carbons (Fsp3) is 0.259. The lowest BCUT2D eigenvalue weighted by Crippen LogP contribution is -2.66. The van der Waals surface area contributed by atoms with E-state index < -0.39 is 48.3 Å². The van der Waals surface area contributed by atoms with Crippen LogP contribution in [0.25, 0.3) is 10.9 Å². The summed E-state index contributed by atoms with van der Waals surface area (Å²) in [6.45, 7) is 6.56. The summed E-state index contributed by atoms with van der Waals surface area (Å²) in [7, 11) is 0. The highest BCUT2D eigenvalue weighted by atomic mass is 16.7. The molecule has 1 aliphatic rings. The molecule has 1 aromatic heterocycles. The number of nitrogens with zero attached hydrogens (tertiary/aromatic N) is 1. The SMILES string of the molecule is CC(C)(C)OC(=O)[C@@H](Nc1cccc2cccnc12)[C@H]1O[C@@H](Oc2ccc(OCc3ccccc3)cc2)[C@H](OCc2ccccc2)[C@@H](OCc2ccccc2)[C@@H]1OCc1ccccc1. The number of nitrogens with one attached hydrogen (secondary N) is 1. The van der Waals surface area contributed by atoms with E-state index in [1.54, 1.807) is 6.20 Å². The molecule has 8 rings (SSSR count). The van der Waals surface area contributed by atoms with Crippen molar-refractivity contribution in [1.82, 2.24) is 4.98 Å². The number of rotatable bonds is 18. The van der Waals surface area contributed by atoms with Gasteiger partial charge >= 0.3 is 5.97 Å². The number of benzene rings is 6. The molecule has 0 spiro atoms. The Morgan fingerprint density at radius 3 is 1.64 bits per heavy atom. The van der Waals surface area contributed by atoms with Crippen molar-refractivity contribution in [3.63, 3.8) is 0 Å². The van der Waals surface area contributed by atoms with E-state index in [2.05, 4.69) is 5.32 Å². The summed E-state index contributed by atoms with van der Waals surface area (Å²) in [5.74, 6) is 0.615. The Labute approximate surface area is 375 Å². The number of carbonyl (C=O) groups excluding carboxylic acids is 1. The van der Waals surface area contributed by atoms with Crippen molar-refractivity contribution in [3.8, 4) is 11.5 Å². The Balaban J connectivity index is 1.21. The van der Waals surface area contributed by atoms with Gasteiger partial charge in [-0.05, 0) is 79.4 Å². The summed E-state index contributed by atoms with van der Waals surface area (Å²) in [6, 6.07) is 55.5. The number of hydrogen-bond acceptors (Lipinski definition) is 10. The van der Waals surface area contributed by atoms with Crippen molar-refractivity contribution in [2.45, 2.75) is 89.5 Å². The van der Waals surface area contributed by atoms with E-state index in [4.69, 9.17) is 38.1 Å². The van der Waals surface area contributed by atoms with Gasteiger partial charge in [0.2, 0.25) is 6.29 Å². The molecule has 1 N–H and O–H groups in total. The van der Waals surface area contributed by atoms with Crippen molar-refractivity contribution >= 4 is 22.6 Å². The molecule has 1 aliphatic heterocycles. The number of carbonyl (C=O) groups is 1.